The van der Waals surface area contributed by atoms with Crippen molar-refractivity contribution >= 4 is 16.9 Å². The highest BCUT2D eigenvalue weighted by Gasteiger charge is 2.42. The Kier molecular flexibility index (Phi) is 5.83. The number of fused-ring (bicyclic) bond motifs is 1. The number of esters is 1. The highest BCUT2D eigenvalue weighted by Crippen LogP contribution is 2.45. The summed E-state index contributed by atoms with van der Waals surface area (Å²) in [5.74, 6) is -1.44. The Labute approximate surface area is 194 Å². The Morgan fingerprint density at radius 3 is 2.59 bits per heavy atom. The summed E-state index contributed by atoms with van der Waals surface area (Å²) >= 11 is 0. The molecule has 2 aromatic heterocycles. The van der Waals surface area contributed by atoms with Crippen LogP contribution < -0.4 is 4.74 Å². The molecule has 1 aromatic carbocycles. The second kappa shape index (κ2) is 8.68. The van der Waals surface area contributed by atoms with E-state index >= 15 is 0 Å². The van der Waals surface area contributed by atoms with Crippen molar-refractivity contribution < 1.29 is 27.2 Å². The second-order valence-electron chi connectivity index (χ2n) is 9.11. The van der Waals surface area contributed by atoms with Crippen LogP contribution in [0.5, 0.6) is 5.75 Å². The maximum Gasteiger partial charge on any atom is 0.491 e. The molecular weight excluding hydrogens is 451 g/mol. The van der Waals surface area contributed by atoms with E-state index in [1.807, 2.05) is 0 Å². The summed E-state index contributed by atoms with van der Waals surface area (Å²) in [6.45, 7) is 6.33. The zero-order valence-corrected chi connectivity index (χ0v) is 19.0. The third kappa shape index (κ3) is 4.28. The van der Waals surface area contributed by atoms with Crippen molar-refractivity contribution in [3.8, 4) is 11.7 Å². The topological polar surface area (TPSA) is 86.3 Å². The number of likely N-dealkylation sites (tertiary alicyclic amines) is 1. The van der Waals surface area contributed by atoms with Crippen LogP contribution >= 0.6 is 0 Å². The van der Waals surface area contributed by atoms with Gasteiger partial charge in [0, 0.05) is 17.9 Å². The van der Waals surface area contributed by atoms with Crippen molar-refractivity contribution in [2.75, 3.05) is 13.1 Å². The minimum Gasteiger partial charge on any atom is -0.419 e. The van der Waals surface area contributed by atoms with Gasteiger partial charge in [-0.05, 0) is 69.4 Å². The van der Waals surface area contributed by atoms with Crippen LogP contribution in [-0.2, 0) is 4.79 Å². The van der Waals surface area contributed by atoms with Crippen molar-refractivity contribution in [1.29, 1.82) is 0 Å². The predicted octanol–water partition coefficient (Wildman–Crippen LogP) is 4.73. The molecule has 1 atom stereocenters. The average Bonchev–Trinajstić information content (AvgIpc) is 3.41. The highest BCUT2D eigenvalue weighted by molar-refractivity contribution is 5.92. The van der Waals surface area contributed by atoms with E-state index in [0.717, 1.165) is 45.2 Å². The molecule has 0 bridgehead atoms. The fraction of sp³-hybridized carbons (Fsp3) is 0.565. The zero-order chi connectivity index (χ0) is 24.0. The van der Waals surface area contributed by atoms with Crippen LogP contribution in [0.25, 0.3) is 16.9 Å². The molecule has 8 nitrogen and oxygen atoms in total. The molecule has 0 amide bonds. The molecule has 1 saturated carbocycles. The summed E-state index contributed by atoms with van der Waals surface area (Å²) in [7, 11) is 0. The van der Waals surface area contributed by atoms with Gasteiger partial charge in [-0.3, -0.25) is 0 Å². The highest BCUT2D eigenvalue weighted by atomic mass is 19.4. The van der Waals surface area contributed by atoms with E-state index in [4.69, 9.17) is 9.26 Å². The van der Waals surface area contributed by atoms with Crippen molar-refractivity contribution in [1.82, 2.24) is 24.8 Å². The first-order valence-electron chi connectivity index (χ1n) is 11.6. The predicted molar refractivity (Wildman–Crippen MR) is 116 cm³/mol. The van der Waals surface area contributed by atoms with Gasteiger partial charge in [0.05, 0.1) is 16.6 Å². The van der Waals surface area contributed by atoms with Crippen LogP contribution in [0.3, 0.4) is 0 Å². The maximum atomic E-state index is 12.8. The van der Waals surface area contributed by atoms with E-state index in [1.165, 1.54) is 16.8 Å². The average molecular weight is 477 g/mol. The molecule has 11 heteroatoms. The van der Waals surface area contributed by atoms with Gasteiger partial charge in [0.2, 0.25) is 5.89 Å². The SMILES string of the molecule is CCC(C)N1CCC(c2nc(-n3nc(C4CC4)c4c(OC(=O)C(F)(F)F)cccc43)no2)CC1. The number of halogens is 3. The van der Waals surface area contributed by atoms with Crippen LogP contribution in [0.15, 0.2) is 22.7 Å². The van der Waals surface area contributed by atoms with Gasteiger partial charge in [-0.1, -0.05) is 13.0 Å². The number of aromatic nitrogens is 4. The Hall–Kier alpha value is -2.95. The van der Waals surface area contributed by atoms with Crippen LogP contribution in [0.2, 0.25) is 0 Å². The van der Waals surface area contributed by atoms with Gasteiger partial charge in [0.25, 0.3) is 5.95 Å². The quantitative estimate of drug-likeness (QED) is 0.375. The number of carbonyl (C=O) groups excluding carboxylic acids is 1. The first-order chi connectivity index (χ1) is 16.3. The Morgan fingerprint density at radius 1 is 1.21 bits per heavy atom. The van der Waals surface area contributed by atoms with E-state index in [2.05, 4.69) is 34.0 Å². The number of ether oxygens (including phenoxy) is 1. The number of hydrogen-bond donors (Lipinski definition) is 0. The number of hydrogen-bond acceptors (Lipinski definition) is 7. The van der Waals surface area contributed by atoms with Gasteiger partial charge < -0.3 is 14.2 Å². The molecule has 0 N–H and O–H groups in total. The second-order valence-corrected chi connectivity index (χ2v) is 9.11. The molecule has 0 spiro atoms. The summed E-state index contributed by atoms with van der Waals surface area (Å²) in [5.41, 5.74) is 1.04. The lowest BCUT2D eigenvalue weighted by Crippen LogP contribution is -2.39. The van der Waals surface area contributed by atoms with E-state index in [0.29, 0.717) is 28.5 Å². The molecule has 2 aliphatic rings. The molecule has 1 saturated heterocycles. The number of rotatable bonds is 6. The Balaban J connectivity index is 1.45. The largest absolute Gasteiger partial charge is 0.491 e. The number of benzene rings is 1. The summed E-state index contributed by atoms with van der Waals surface area (Å²) in [6.07, 6.45) is -0.441. The lowest BCUT2D eigenvalue weighted by atomic mass is 9.95. The number of alkyl halides is 3. The fourth-order valence-electron chi connectivity index (χ4n) is 4.53. The molecule has 2 fully saturated rings. The van der Waals surface area contributed by atoms with E-state index in [-0.39, 0.29) is 23.5 Å². The van der Waals surface area contributed by atoms with Crippen molar-refractivity contribution in [2.45, 2.75) is 70.0 Å². The molecule has 1 aliphatic carbocycles. The van der Waals surface area contributed by atoms with Crippen molar-refractivity contribution in [3.05, 3.63) is 29.8 Å². The third-order valence-electron chi connectivity index (χ3n) is 6.81. The molecule has 0 radical (unpaired) electrons. The minimum absolute atomic E-state index is 0.0887. The number of piperidine rings is 1. The fourth-order valence-corrected chi connectivity index (χ4v) is 4.53. The van der Waals surface area contributed by atoms with Crippen LogP contribution in [-0.4, -0.2) is 56.1 Å². The normalized spacial score (nSPS) is 19.0. The molecule has 1 aliphatic heterocycles. The lowest BCUT2D eigenvalue weighted by molar-refractivity contribution is -0.189. The summed E-state index contributed by atoms with van der Waals surface area (Å²) < 4.78 is 50.2. The molecule has 5 rings (SSSR count). The lowest BCUT2D eigenvalue weighted by Gasteiger charge is -2.34. The standard InChI is InChI=1S/C23H26F3N5O3/c1-3-13(2)30-11-9-15(10-12-30)20-27-22(29-34-20)31-16-5-4-6-17(33-21(32)23(24,25)26)18(16)19(28-31)14-7-8-14/h4-6,13-15H,3,7-12H2,1-2H3. The monoisotopic (exact) mass is 477 g/mol. The number of carbonyl (C=O) groups is 1. The first-order valence-corrected chi connectivity index (χ1v) is 11.6. The Bertz CT molecular complexity index is 1190. The van der Waals surface area contributed by atoms with Crippen LogP contribution in [0.1, 0.15) is 69.4 Å². The van der Waals surface area contributed by atoms with Crippen LogP contribution in [0.4, 0.5) is 13.2 Å². The van der Waals surface area contributed by atoms with E-state index in [9.17, 15) is 18.0 Å². The van der Waals surface area contributed by atoms with Gasteiger partial charge in [-0.25, -0.2) is 4.79 Å². The van der Waals surface area contributed by atoms with Gasteiger partial charge in [0.1, 0.15) is 5.75 Å². The van der Waals surface area contributed by atoms with Gasteiger partial charge in [0.15, 0.2) is 0 Å². The minimum atomic E-state index is -5.09. The van der Waals surface area contributed by atoms with Gasteiger partial charge >= 0.3 is 12.1 Å². The molecule has 3 heterocycles. The maximum absolute atomic E-state index is 12.8. The smallest absolute Gasteiger partial charge is 0.419 e. The summed E-state index contributed by atoms with van der Waals surface area (Å²) in [6, 6.07) is 5.09. The summed E-state index contributed by atoms with van der Waals surface area (Å²) in [4.78, 5) is 18.5. The number of nitrogens with zero attached hydrogens (tertiary/aromatic N) is 5. The molecular formula is C23H26F3N5O3. The molecule has 1 unspecified atom stereocenters. The van der Waals surface area contributed by atoms with E-state index < -0.39 is 12.1 Å². The zero-order valence-electron chi connectivity index (χ0n) is 19.0. The molecule has 182 valence electrons. The van der Waals surface area contributed by atoms with Crippen molar-refractivity contribution in [3.63, 3.8) is 0 Å². The van der Waals surface area contributed by atoms with Crippen LogP contribution in [0, 0.1) is 0 Å². The summed E-state index contributed by atoms with van der Waals surface area (Å²) in [5, 5.41) is 9.10. The first kappa shape index (κ1) is 22.8. The van der Waals surface area contributed by atoms with E-state index in [1.54, 1.807) is 6.07 Å². The molecule has 34 heavy (non-hydrogen) atoms. The third-order valence-corrected chi connectivity index (χ3v) is 6.81. The van der Waals surface area contributed by atoms with Gasteiger partial charge in [-0.15, -0.1) is 0 Å². The van der Waals surface area contributed by atoms with Gasteiger partial charge in [-0.2, -0.15) is 27.9 Å². The molecule has 3 aromatic rings. The van der Waals surface area contributed by atoms with Crippen molar-refractivity contribution in [2.24, 2.45) is 0 Å². The Morgan fingerprint density at radius 2 is 1.94 bits per heavy atom.